The molecule has 2 fully saturated rings. The first-order valence-corrected chi connectivity index (χ1v) is 6.50. The molecule has 1 spiro atoms. The van der Waals surface area contributed by atoms with Crippen LogP contribution in [0.2, 0.25) is 0 Å². The number of nitriles is 1. The van der Waals surface area contributed by atoms with Gasteiger partial charge in [0.25, 0.3) is 0 Å². The summed E-state index contributed by atoms with van der Waals surface area (Å²) in [5, 5.41) is 8.72. The summed E-state index contributed by atoms with van der Waals surface area (Å²) in [5.74, 6) is 0. The van der Waals surface area contributed by atoms with E-state index in [0.717, 1.165) is 5.56 Å². The molecular weight excluding hydrogens is 216 g/mol. The Morgan fingerprint density at radius 3 is 2.50 bits per heavy atom. The lowest BCUT2D eigenvalue weighted by Gasteiger charge is -2.14. The summed E-state index contributed by atoms with van der Waals surface area (Å²) in [4.78, 5) is 1.25. The van der Waals surface area contributed by atoms with Gasteiger partial charge < -0.3 is 0 Å². The summed E-state index contributed by atoms with van der Waals surface area (Å²) in [7, 11) is 0. The summed E-state index contributed by atoms with van der Waals surface area (Å²) in [6.45, 7) is 2.46. The van der Waals surface area contributed by atoms with Crippen molar-refractivity contribution in [2.24, 2.45) is 5.41 Å². The predicted molar refractivity (Wildman–Crippen MR) is 64.9 cm³/mol. The minimum absolute atomic E-state index is 0.694. The number of hydrogen-bond acceptors (Lipinski definition) is 3. The molecular formula is C13H14N2S. The van der Waals surface area contributed by atoms with Crippen molar-refractivity contribution >= 4 is 11.9 Å². The van der Waals surface area contributed by atoms with E-state index in [-0.39, 0.29) is 0 Å². The molecule has 0 radical (unpaired) electrons. The Hall–Kier alpha value is -0.980. The molecule has 3 rings (SSSR count). The lowest BCUT2D eigenvalue weighted by Crippen LogP contribution is -2.11. The van der Waals surface area contributed by atoms with Gasteiger partial charge in [0.2, 0.25) is 0 Å². The molecule has 1 aromatic carbocycles. The normalized spacial score (nSPS) is 22.2. The van der Waals surface area contributed by atoms with Gasteiger partial charge in [-0.1, -0.05) is 0 Å². The average molecular weight is 230 g/mol. The van der Waals surface area contributed by atoms with Gasteiger partial charge in [0, 0.05) is 18.0 Å². The van der Waals surface area contributed by atoms with Crippen LogP contribution in [0, 0.1) is 16.7 Å². The summed E-state index contributed by atoms with van der Waals surface area (Å²) in [6, 6.07) is 10.0. The second kappa shape index (κ2) is 3.80. The zero-order valence-electron chi connectivity index (χ0n) is 9.15. The van der Waals surface area contributed by atoms with Crippen molar-refractivity contribution in [3.63, 3.8) is 0 Å². The number of nitrogens with zero attached hydrogens (tertiary/aromatic N) is 2. The molecule has 0 aromatic heterocycles. The Balaban J connectivity index is 1.64. The molecule has 1 aliphatic carbocycles. The molecule has 0 bridgehead atoms. The summed E-state index contributed by atoms with van der Waals surface area (Å²) in [5.41, 5.74) is 1.43. The van der Waals surface area contributed by atoms with E-state index in [9.17, 15) is 0 Å². The molecule has 1 aliphatic heterocycles. The first-order valence-electron chi connectivity index (χ1n) is 5.73. The fourth-order valence-electron chi connectivity index (χ4n) is 2.30. The van der Waals surface area contributed by atoms with Gasteiger partial charge in [-0.05, 0) is 60.9 Å². The average Bonchev–Trinajstić information content (AvgIpc) is 2.95. The van der Waals surface area contributed by atoms with Gasteiger partial charge in [-0.2, -0.15) is 5.26 Å². The van der Waals surface area contributed by atoms with Crippen LogP contribution in [0.4, 0.5) is 0 Å². The van der Waals surface area contributed by atoms with E-state index < -0.39 is 0 Å². The topological polar surface area (TPSA) is 27.0 Å². The van der Waals surface area contributed by atoms with Crippen LogP contribution in [0.1, 0.15) is 24.8 Å². The Morgan fingerprint density at radius 2 is 1.94 bits per heavy atom. The van der Waals surface area contributed by atoms with Gasteiger partial charge in [0.15, 0.2) is 0 Å². The fourth-order valence-corrected chi connectivity index (χ4v) is 3.37. The second-order valence-electron chi connectivity index (χ2n) is 4.84. The van der Waals surface area contributed by atoms with E-state index >= 15 is 0 Å². The van der Waals surface area contributed by atoms with Gasteiger partial charge in [-0.25, -0.2) is 4.31 Å². The second-order valence-corrected chi connectivity index (χ2v) is 6.01. The van der Waals surface area contributed by atoms with Gasteiger partial charge in [-0.3, -0.25) is 0 Å². The van der Waals surface area contributed by atoms with E-state index in [1.807, 2.05) is 36.2 Å². The van der Waals surface area contributed by atoms with Gasteiger partial charge >= 0.3 is 0 Å². The lowest BCUT2D eigenvalue weighted by molar-refractivity contribution is 0.511. The van der Waals surface area contributed by atoms with Crippen LogP contribution in [0.15, 0.2) is 29.2 Å². The van der Waals surface area contributed by atoms with Gasteiger partial charge in [0.05, 0.1) is 11.6 Å². The Bertz CT molecular complexity index is 428. The first kappa shape index (κ1) is 10.2. The molecule has 0 N–H and O–H groups in total. The zero-order valence-corrected chi connectivity index (χ0v) is 9.96. The van der Waals surface area contributed by atoms with Crippen molar-refractivity contribution in [2.45, 2.75) is 24.2 Å². The Morgan fingerprint density at radius 1 is 1.19 bits per heavy atom. The molecule has 16 heavy (non-hydrogen) atoms. The lowest BCUT2D eigenvalue weighted by atomic mass is 10.1. The van der Waals surface area contributed by atoms with E-state index in [1.54, 1.807) is 0 Å². The van der Waals surface area contributed by atoms with E-state index in [2.05, 4.69) is 10.4 Å². The Labute approximate surface area is 100 Å². The molecule has 0 amide bonds. The van der Waals surface area contributed by atoms with Crippen molar-refractivity contribution < 1.29 is 0 Å². The minimum Gasteiger partial charge on any atom is -0.246 e. The van der Waals surface area contributed by atoms with Crippen molar-refractivity contribution in [1.82, 2.24) is 4.31 Å². The third-order valence-corrected chi connectivity index (χ3v) is 4.63. The van der Waals surface area contributed by atoms with Crippen LogP contribution in [0.25, 0.3) is 0 Å². The molecule has 1 aromatic rings. The van der Waals surface area contributed by atoms with E-state index in [1.165, 1.54) is 37.2 Å². The molecule has 1 saturated carbocycles. The van der Waals surface area contributed by atoms with Crippen molar-refractivity contribution in [1.29, 1.82) is 5.26 Å². The standard InChI is InChI=1S/C13H14N2S/c14-9-11-1-3-12(4-2-11)16-15-8-7-13(10-15)5-6-13/h1-4H,5-8,10H2. The predicted octanol–water partition coefficient (Wildman–Crippen LogP) is 3.05. The van der Waals surface area contributed by atoms with Crippen LogP contribution in [-0.4, -0.2) is 17.4 Å². The van der Waals surface area contributed by atoms with Crippen LogP contribution in [-0.2, 0) is 0 Å². The summed E-state index contributed by atoms with van der Waals surface area (Å²) in [6.07, 6.45) is 4.23. The third-order valence-electron chi connectivity index (χ3n) is 3.58. The molecule has 1 heterocycles. The highest BCUT2D eigenvalue weighted by Crippen LogP contribution is 2.54. The monoisotopic (exact) mass is 230 g/mol. The molecule has 2 nitrogen and oxygen atoms in total. The highest BCUT2D eigenvalue weighted by Gasteiger charge is 2.47. The largest absolute Gasteiger partial charge is 0.246 e. The molecule has 1 saturated heterocycles. The van der Waals surface area contributed by atoms with Crippen LogP contribution in [0.5, 0.6) is 0 Å². The maximum Gasteiger partial charge on any atom is 0.0991 e. The van der Waals surface area contributed by atoms with Gasteiger partial charge in [0.1, 0.15) is 0 Å². The third kappa shape index (κ3) is 1.95. The van der Waals surface area contributed by atoms with Crippen LogP contribution >= 0.6 is 11.9 Å². The molecule has 82 valence electrons. The number of benzene rings is 1. The van der Waals surface area contributed by atoms with E-state index in [4.69, 9.17) is 5.26 Å². The summed E-state index contributed by atoms with van der Waals surface area (Å²) < 4.78 is 2.47. The maximum absolute atomic E-state index is 8.72. The summed E-state index contributed by atoms with van der Waals surface area (Å²) >= 11 is 1.84. The SMILES string of the molecule is N#Cc1ccc(SN2CCC3(CC3)C2)cc1. The number of hydrogen-bond donors (Lipinski definition) is 0. The smallest absolute Gasteiger partial charge is 0.0991 e. The van der Waals surface area contributed by atoms with Crippen molar-refractivity contribution in [2.75, 3.05) is 13.1 Å². The van der Waals surface area contributed by atoms with Crippen molar-refractivity contribution in [3.8, 4) is 6.07 Å². The van der Waals surface area contributed by atoms with E-state index in [0.29, 0.717) is 5.41 Å². The molecule has 0 unspecified atom stereocenters. The van der Waals surface area contributed by atoms with Gasteiger partial charge in [-0.15, -0.1) is 0 Å². The zero-order chi connectivity index (χ0) is 11.0. The molecule has 0 atom stereocenters. The maximum atomic E-state index is 8.72. The highest BCUT2D eigenvalue weighted by molar-refractivity contribution is 7.97. The molecule has 2 aliphatic rings. The van der Waals surface area contributed by atoms with Crippen molar-refractivity contribution in [3.05, 3.63) is 29.8 Å². The minimum atomic E-state index is 0.694. The Kier molecular flexibility index (Phi) is 2.42. The van der Waals surface area contributed by atoms with Crippen LogP contribution in [0.3, 0.4) is 0 Å². The molecule has 3 heteroatoms. The van der Waals surface area contributed by atoms with Crippen LogP contribution < -0.4 is 0 Å². The number of rotatable bonds is 2. The fraction of sp³-hybridized carbons (Fsp3) is 0.462. The highest BCUT2D eigenvalue weighted by atomic mass is 32.2. The quantitative estimate of drug-likeness (QED) is 0.731. The first-order chi connectivity index (χ1) is 7.80.